The smallest absolute Gasteiger partial charge is 0.220 e. The van der Waals surface area contributed by atoms with Gasteiger partial charge in [-0.05, 0) is 41.4 Å². The van der Waals surface area contributed by atoms with Gasteiger partial charge in [-0.15, -0.1) is 0 Å². The molecule has 1 rings (SSSR count). The maximum Gasteiger partial charge on any atom is 0.220 e. The van der Waals surface area contributed by atoms with Crippen molar-refractivity contribution in [1.29, 1.82) is 0 Å². The average Bonchev–Trinajstić information content (AvgIpc) is 2.71. The Morgan fingerprint density at radius 3 is 1.97 bits per heavy atom. The zero-order chi connectivity index (χ0) is 30.6. The summed E-state index contributed by atoms with van der Waals surface area (Å²) in [6.07, 6.45) is -6.17. The molecule has 8 atom stereocenters. The summed E-state index contributed by atoms with van der Waals surface area (Å²) in [6, 6.07) is -0.991. The minimum Gasteiger partial charge on any atom is -0.390 e. The molecule has 9 heteroatoms. The van der Waals surface area contributed by atoms with Gasteiger partial charge in [-0.3, -0.25) is 4.79 Å². The van der Waals surface area contributed by atoms with Gasteiger partial charge in [0.1, 0.15) is 24.4 Å². The largest absolute Gasteiger partial charge is 0.390 e. The third-order valence-corrected chi connectivity index (χ3v) is 7.25. The average molecular weight is 562 g/mol. The summed E-state index contributed by atoms with van der Waals surface area (Å²) in [5, 5.41) is 56.7. The molecule has 1 saturated heterocycles. The monoisotopic (exact) mass is 561 g/mol. The molecule has 0 aromatic carbocycles. The van der Waals surface area contributed by atoms with Crippen LogP contribution in [0.25, 0.3) is 0 Å². The second kappa shape index (κ2) is 13.9. The van der Waals surface area contributed by atoms with E-state index in [0.717, 1.165) is 6.42 Å². The van der Waals surface area contributed by atoms with Gasteiger partial charge in [-0.2, -0.15) is 0 Å². The summed E-state index contributed by atoms with van der Waals surface area (Å²) in [5.41, 5.74) is -1.06. The first-order chi connectivity index (χ1) is 17.4. The van der Waals surface area contributed by atoms with Crippen LogP contribution in [-0.4, -0.2) is 93.4 Å². The quantitative estimate of drug-likeness (QED) is 0.226. The molecular formula is C30H59NO8. The topological polar surface area (TPSA) is 149 Å². The number of rotatable bonds is 11. The van der Waals surface area contributed by atoms with E-state index in [2.05, 4.69) is 46.9 Å². The van der Waals surface area contributed by atoms with Crippen molar-refractivity contribution < 1.29 is 39.8 Å². The Morgan fingerprint density at radius 1 is 0.923 bits per heavy atom. The molecular weight excluding hydrogens is 502 g/mol. The lowest BCUT2D eigenvalue weighted by atomic mass is 9.71. The van der Waals surface area contributed by atoms with Gasteiger partial charge >= 0.3 is 0 Å². The van der Waals surface area contributed by atoms with Crippen LogP contribution >= 0.6 is 0 Å². The molecule has 1 unspecified atom stereocenters. The number of hydrogen-bond acceptors (Lipinski definition) is 8. The summed E-state index contributed by atoms with van der Waals surface area (Å²) >= 11 is 0. The van der Waals surface area contributed by atoms with Crippen LogP contribution in [0.2, 0.25) is 0 Å². The molecule has 0 spiro atoms. The summed E-state index contributed by atoms with van der Waals surface area (Å²) in [6.45, 7) is 21.8. The fraction of sp³-hybridized carbons (Fsp3) is 0.967. The number of carbonyl (C=O) groups is 1. The number of ether oxygens (including phenoxy) is 2. The molecule has 0 bridgehead atoms. The van der Waals surface area contributed by atoms with Crippen LogP contribution in [0.4, 0.5) is 0 Å². The molecule has 0 aromatic rings. The van der Waals surface area contributed by atoms with Crippen LogP contribution in [0.3, 0.4) is 0 Å². The van der Waals surface area contributed by atoms with E-state index in [0.29, 0.717) is 6.42 Å². The minimum absolute atomic E-state index is 0.0237. The first-order valence-corrected chi connectivity index (χ1v) is 14.4. The Balaban J connectivity index is 3.15. The minimum atomic E-state index is -1.44. The highest BCUT2D eigenvalue weighted by Crippen LogP contribution is 2.38. The van der Waals surface area contributed by atoms with Gasteiger partial charge in [-0.25, -0.2) is 0 Å². The summed E-state index contributed by atoms with van der Waals surface area (Å²) in [5.74, 6) is -0.281. The van der Waals surface area contributed by atoms with Gasteiger partial charge in [0.2, 0.25) is 5.91 Å². The van der Waals surface area contributed by atoms with Crippen LogP contribution in [0.15, 0.2) is 0 Å². The van der Waals surface area contributed by atoms with Gasteiger partial charge in [0.15, 0.2) is 0 Å². The Hall–Kier alpha value is -0.810. The van der Waals surface area contributed by atoms with Gasteiger partial charge in [0.05, 0.1) is 37.6 Å². The maximum atomic E-state index is 13.2. The lowest BCUT2D eigenvalue weighted by molar-refractivity contribution is -0.178. The van der Waals surface area contributed by atoms with E-state index >= 15 is 0 Å². The molecule has 0 radical (unpaired) electrons. The van der Waals surface area contributed by atoms with E-state index in [1.165, 1.54) is 0 Å². The molecule has 0 aromatic heterocycles. The SMILES string of the molecule is CC1C[C@H](O)[C@H](O)[C@@H](O)[C@@H](OC[C@H](NC(=O)CC(C)(C)CC(C)(C)C)[C@H](O)[C@H](O)C(C)(C)CC(C)(C)C)CO1. The summed E-state index contributed by atoms with van der Waals surface area (Å²) < 4.78 is 11.6. The van der Waals surface area contributed by atoms with Crippen molar-refractivity contribution in [1.82, 2.24) is 5.32 Å². The molecule has 0 aliphatic carbocycles. The van der Waals surface area contributed by atoms with Crippen LogP contribution in [0, 0.1) is 21.7 Å². The second-order valence-corrected chi connectivity index (χ2v) is 15.7. The van der Waals surface area contributed by atoms with Gasteiger partial charge in [-0.1, -0.05) is 69.2 Å². The van der Waals surface area contributed by atoms with Gasteiger partial charge < -0.3 is 40.3 Å². The van der Waals surface area contributed by atoms with Crippen LogP contribution in [-0.2, 0) is 14.3 Å². The highest BCUT2D eigenvalue weighted by Gasteiger charge is 2.42. The Bertz CT molecular complexity index is 757. The lowest BCUT2D eigenvalue weighted by Gasteiger charge is -2.41. The van der Waals surface area contributed by atoms with Crippen molar-refractivity contribution in [2.24, 2.45) is 21.7 Å². The van der Waals surface area contributed by atoms with E-state index in [-0.39, 0.29) is 54.3 Å². The third kappa shape index (κ3) is 12.7. The first kappa shape index (κ1) is 36.2. The van der Waals surface area contributed by atoms with Crippen LogP contribution < -0.4 is 5.32 Å². The van der Waals surface area contributed by atoms with E-state index in [9.17, 15) is 30.3 Å². The van der Waals surface area contributed by atoms with Crippen LogP contribution in [0.1, 0.15) is 102 Å². The van der Waals surface area contributed by atoms with Crippen molar-refractivity contribution in [3.63, 3.8) is 0 Å². The molecule has 1 amide bonds. The highest BCUT2D eigenvalue weighted by molar-refractivity contribution is 5.77. The predicted octanol–water partition coefficient (Wildman–Crippen LogP) is 2.78. The Morgan fingerprint density at radius 2 is 1.46 bits per heavy atom. The van der Waals surface area contributed by atoms with E-state index in [1.807, 2.05) is 27.7 Å². The number of nitrogens with one attached hydrogen (secondary N) is 1. The van der Waals surface area contributed by atoms with E-state index < -0.39 is 48.1 Å². The Kier molecular flexibility index (Phi) is 12.9. The van der Waals surface area contributed by atoms with Crippen molar-refractivity contribution in [3.05, 3.63) is 0 Å². The normalized spacial score (nSPS) is 28.3. The van der Waals surface area contributed by atoms with Crippen molar-refractivity contribution in [2.45, 2.75) is 151 Å². The molecule has 1 heterocycles. The molecule has 39 heavy (non-hydrogen) atoms. The molecule has 1 fully saturated rings. The van der Waals surface area contributed by atoms with E-state index in [1.54, 1.807) is 6.92 Å². The fourth-order valence-corrected chi connectivity index (χ4v) is 6.30. The number of hydrogen-bond donors (Lipinski definition) is 6. The van der Waals surface area contributed by atoms with E-state index in [4.69, 9.17) is 9.47 Å². The van der Waals surface area contributed by atoms with Crippen molar-refractivity contribution >= 4 is 5.91 Å². The van der Waals surface area contributed by atoms with Crippen LogP contribution in [0.5, 0.6) is 0 Å². The summed E-state index contributed by atoms with van der Waals surface area (Å²) in [7, 11) is 0. The maximum absolute atomic E-state index is 13.2. The predicted molar refractivity (Wildman–Crippen MR) is 152 cm³/mol. The van der Waals surface area contributed by atoms with Gasteiger partial charge in [0, 0.05) is 12.8 Å². The van der Waals surface area contributed by atoms with Crippen molar-refractivity contribution in [3.8, 4) is 0 Å². The zero-order valence-electron chi connectivity index (χ0n) is 26.3. The fourth-order valence-electron chi connectivity index (χ4n) is 6.30. The van der Waals surface area contributed by atoms with Crippen molar-refractivity contribution in [2.75, 3.05) is 13.2 Å². The lowest BCUT2D eigenvalue weighted by Crippen LogP contribution is -2.57. The Labute approximate surface area is 236 Å². The number of aliphatic hydroxyl groups excluding tert-OH is 5. The molecule has 0 saturated carbocycles. The first-order valence-electron chi connectivity index (χ1n) is 14.4. The molecule has 9 nitrogen and oxygen atoms in total. The number of amides is 1. The number of carbonyl (C=O) groups excluding carboxylic acids is 1. The molecule has 6 N–H and O–H groups in total. The molecule has 1 aliphatic heterocycles. The number of aliphatic hydroxyl groups is 5. The zero-order valence-corrected chi connectivity index (χ0v) is 26.3. The third-order valence-electron chi connectivity index (χ3n) is 7.25. The second-order valence-electron chi connectivity index (χ2n) is 15.7. The standard InChI is InChI=1S/C30H59NO8/c1-18-12-20(32)24(35)25(36)21(15-38-18)39-14-19(23(34)26(37)30(10,11)17-28(5,6)7)31-22(33)13-29(8,9)16-27(2,3)4/h18-21,23-26,32,34-37H,12-17H2,1-11H3,(H,31,33)/t18?,19-,20-,21-,23-,24-,25-,26-/m0/s1. The highest BCUT2D eigenvalue weighted by atomic mass is 16.5. The molecule has 1 aliphatic rings. The van der Waals surface area contributed by atoms with Gasteiger partial charge in [0.25, 0.3) is 0 Å². The summed E-state index contributed by atoms with van der Waals surface area (Å²) in [4.78, 5) is 13.2. The molecule has 232 valence electrons.